The molecule has 0 radical (unpaired) electrons. The van der Waals surface area contributed by atoms with Crippen molar-refractivity contribution >= 4 is 32.9 Å². The minimum Gasteiger partial charge on any atom is -0.438 e. The predicted octanol–water partition coefficient (Wildman–Crippen LogP) is 6.23. The largest absolute Gasteiger partial charge is 0.438 e. The number of oxazole rings is 1. The van der Waals surface area contributed by atoms with E-state index in [4.69, 9.17) is 9.40 Å². The van der Waals surface area contributed by atoms with Crippen molar-refractivity contribution in [1.29, 1.82) is 0 Å². The lowest BCUT2D eigenvalue weighted by atomic mass is 10.1. The molecular formula is C24H19BrN2O2. The van der Waals surface area contributed by atoms with Crippen LogP contribution in [0, 0.1) is 0 Å². The Balaban J connectivity index is 1.47. The highest BCUT2D eigenvalue weighted by Gasteiger charge is 2.34. The molecule has 4 aromatic rings. The van der Waals surface area contributed by atoms with E-state index in [1.165, 1.54) is 0 Å². The molecule has 1 atom stereocenters. The van der Waals surface area contributed by atoms with Crippen LogP contribution in [0.2, 0.25) is 0 Å². The molecule has 0 aliphatic carbocycles. The first-order valence-electron chi connectivity index (χ1n) is 9.71. The van der Waals surface area contributed by atoms with Gasteiger partial charge in [0.25, 0.3) is 5.91 Å². The first-order valence-corrected chi connectivity index (χ1v) is 10.5. The van der Waals surface area contributed by atoms with Crippen molar-refractivity contribution in [2.24, 2.45) is 0 Å². The molecule has 1 aliphatic rings. The van der Waals surface area contributed by atoms with Gasteiger partial charge in [-0.15, -0.1) is 0 Å². The molecule has 1 fully saturated rings. The number of nitrogens with zero attached hydrogens (tertiary/aromatic N) is 2. The van der Waals surface area contributed by atoms with Gasteiger partial charge in [0.1, 0.15) is 11.6 Å². The van der Waals surface area contributed by atoms with Crippen LogP contribution in [0.3, 0.4) is 0 Å². The summed E-state index contributed by atoms with van der Waals surface area (Å²) >= 11 is 3.45. The highest BCUT2D eigenvalue weighted by atomic mass is 79.9. The van der Waals surface area contributed by atoms with Crippen molar-refractivity contribution in [3.05, 3.63) is 88.7 Å². The monoisotopic (exact) mass is 446 g/mol. The molecule has 1 amide bonds. The summed E-state index contributed by atoms with van der Waals surface area (Å²) in [4.78, 5) is 19.7. The van der Waals surface area contributed by atoms with Crippen molar-refractivity contribution in [1.82, 2.24) is 9.88 Å². The third-order valence-corrected chi connectivity index (χ3v) is 5.87. The van der Waals surface area contributed by atoms with Gasteiger partial charge in [-0.3, -0.25) is 4.79 Å². The molecule has 0 bridgehead atoms. The van der Waals surface area contributed by atoms with Crippen LogP contribution in [0.1, 0.15) is 35.1 Å². The van der Waals surface area contributed by atoms with Crippen molar-refractivity contribution in [3.8, 4) is 11.1 Å². The summed E-state index contributed by atoms with van der Waals surface area (Å²) in [5.41, 5.74) is 4.50. The van der Waals surface area contributed by atoms with Gasteiger partial charge in [-0.2, -0.15) is 0 Å². The molecule has 0 N–H and O–H groups in total. The van der Waals surface area contributed by atoms with Gasteiger partial charge in [-0.05, 0) is 54.3 Å². The van der Waals surface area contributed by atoms with E-state index in [-0.39, 0.29) is 11.9 Å². The van der Waals surface area contributed by atoms with Crippen LogP contribution in [0.25, 0.3) is 22.2 Å². The molecular weight excluding hydrogens is 428 g/mol. The van der Waals surface area contributed by atoms with E-state index < -0.39 is 0 Å². The normalized spacial score (nSPS) is 16.4. The number of carbonyl (C=O) groups excluding carboxylic acids is 1. The summed E-state index contributed by atoms with van der Waals surface area (Å²) < 4.78 is 6.97. The van der Waals surface area contributed by atoms with Gasteiger partial charge in [0.15, 0.2) is 5.58 Å². The molecule has 1 saturated heterocycles. The number of hydrogen-bond donors (Lipinski definition) is 0. The fraction of sp³-hybridized carbons (Fsp3) is 0.167. The summed E-state index contributed by atoms with van der Waals surface area (Å²) in [5.74, 6) is 0.632. The lowest BCUT2D eigenvalue weighted by molar-refractivity contribution is 0.0717. The molecule has 1 aromatic heterocycles. The topological polar surface area (TPSA) is 46.3 Å². The highest BCUT2D eigenvalue weighted by Crippen LogP contribution is 2.35. The van der Waals surface area contributed by atoms with Crippen LogP contribution in [0.4, 0.5) is 0 Å². The van der Waals surface area contributed by atoms with Crippen LogP contribution in [0.5, 0.6) is 0 Å². The average Bonchev–Trinajstić information content (AvgIpc) is 3.40. The maximum atomic E-state index is 13.1. The first-order chi connectivity index (χ1) is 14.2. The zero-order valence-corrected chi connectivity index (χ0v) is 17.3. The molecule has 5 heteroatoms. The van der Waals surface area contributed by atoms with Crippen molar-refractivity contribution in [2.75, 3.05) is 6.54 Å². The summed E-state index contributed by atoms with van der Waals surface area (Å²) in [6, 6.07) is 23.7. The number of aromatic nitrogens is 1. The van der Waals surface area contributed by atoms with E-state index in [1.54, 1.807) is 0 Å². The number of benzene rings is 3. The van der Waals surface area contributed by atoms with Gasteiger partial charge in [-0.25, -0.2) is 4.98 Å². The lowest BCUT2D eigenvalue weighted by Crippen LogP contribution is -2.30. The summed E-state index contributed by atoms with van der Waals surface area (Å²) in [7, 11) is 0. The number of halogens is 1. The van der Waals surface area contributed by atoms with Gasteiger partial charge in [0, 0.05) is 16.6 Å². The number of rotatable bonds is 3. The van der Waals surface area contributed by atoms with Gasteiger partial charge in [0.05, 0.1) is 0 Å². The van der Waals surface area contributed by atoms with Crippen molar-refractivity contribution < 1.29 is 9.21 Å². The van der Waals surface area contributed by atoms with E-state index >= 15 is 0 Å². The Morgan fingerprint density at radius 3 is 2.69 bits per heavy atom. The Morgan fingerprint density at radius 2 is 1.86 bits per heavy atom. The molecule has 1 aliphatic heterocycles. The SMILES string of the molecule is O=C(c1cccc(Br)c1)N1CCCC1c1nc2cc(-c3ccccc3)ccc2o1. The molecule has 144 valence electrons. The molecule has 0 saturated carbocycles. The summed E-state index contributed by atoms with van der Waals surface area (Å²) in [6.45, 7) is 0.712. The van der Waals surface area contributed by atoms with Crippen LogP contribution >= 0.6 is 15.9 Å². The van der Waals surface area contributed by atoms with Gasteiger partial charge >= 0.3 is 0 Å². The zero-order valence-electron chi connectivity index (χ0n) is 15.7. The van der Waals surface area contributed by atoms with Gasteiger partial charge in [0.2, 0.25) is 5.89 Å². The minimum atomic E-state index is -0.131. The van der Waals surface area contributed by atoms with E-state index in [0.29, 0.717) is 18.0 Å². The Kier molecular flexibility index (Phi) is 4.68. The minimum absolute atomic E-state index is 0.0148. The van der Waals surface area contributed by atoms with Crippen molar-refractivity contribution in [2.45, 2.75) is 18.9 Å². The molecule has 2 heterocycles. The van der Waals surface area contributed by atoms with E-state index in [2.05, 4.69) is 28.1 Å². The second kappa shape index (κ2) is 7.48. The molecule has 0 spiro atoms. The quantitative estimate of drug-likeness (QED) is 0.374. The second-order valence-electron chi connectivity index (χ2n) is 7.27. The van der Waals surface area contributed by atoms with Gasteiger partial charge in [-0.1, -0.05) is 58.4 Å². The maximum Gasteiger partial charge on any atom is 0.254 e. The fourth-order valence-corrected chi connectivity index (χ4v) is 4.35. The molecule has 29 heavy (non-hydrogen) atoms. The average molecular weight is 447 g/mol. The maximum absolute atomic E-state index is 13.1. The summed E-state index contributed by atoms with van der Waals surface area (Å²) in [6.07, 6.45) is 1.80. The third-order valence-electron chi connectivity index (χ3n) is 5.38. The number of amides is 1. The Hall–Kier alpha value is -2.92. The van der Waals surface area contributed by atoms with Crippen LogP contribution in [-0.4, -0.2) is 22.3 Å². The smallest absolute Gasteiger partial charge is 0.254 e. The van der Waals surface area contributed by atoms with E-state index in [0.717, 1.165) is 39.5 Å². The predicted molar refractivity (Wildman–Crippen MR) is 117 cm³/mol. The van der Waals surface area contributed by atoms with E-state index in [1.807, 2.05) is 65.6 Å². The van der Waals surface area contributed by atoms with Gasteiger partial charge < -0.3 is 9.32 Å². The fourth-order valence-electron chi connectivity index (χ4n) is 3.95. The molecule has 5 rings (SSSR count). The Bertz CT molecular complexity index is 1190. The number of fused-ring (bicyclic) bond motifs is 1. The Labute approximate surface area is 177 Å². The standard InChI is InChI=1S/C24H19BrN2O2/c25-19-9-4-8-18(14-19)24(28)27-13-5-10-21(27)23-26-20-15-17(11-12-22(20)29-23)16-6-2-1-3-7-16/h1-4,6-9,11-12,14-15,21H,5,10,13H2. The second-order valence-corrected chi connectivity index (χ2v) is 8.18. The highest BCUT2D eigenvalue weighted by molar-refractivity contribution is 9.10. The van der Waals surface area contributed by atoms with E-state index in [9.17, 15) is 4.79 Å². The number of likely N-dealkylation sites (tertiary alicyclic amines) is 1. The van der Waals surface area contributed by atoms with Crippen LogP contribution in [-0.2, 0) is 0 Å². The number of carbonyl (C=O) groups is 1. The Morgan fingerprint density at radius 1 is 1.00 bits per heavy atom. The van der Waals surface area contributed by atoms with Crippen LogP contribution in [0.15, 0.2) is 81.7 Å². The molecule has 4 nitrogen and oxygen atoms in total. The molecule has 3 aromatic carbocycles. The third kappa shape index (κ3) is 3.47. The van der Waals surface area contributed by atoms with Crippen LogP contribution < -0.4 is 0 Å². The number of hydrogen-bond acceptors (Lipinski definition) is 3. The first kappa shape index (κ1) is 18.1. The summed E-state index contributed by atoms with van der Waals surface area (Å²) in [5, 5.41) is 0. The molecule has 1 unspecified atom stereocenters. The lowest BCUT2D eigenvalue weighted by Gasteiger charge is -2.22. The zero-order chi connectivity index (χ0) is 19.8. The van der Waals surface area contributed by atoms with Crippen molar-refractivity contribution in [3.63, 3.8) is 0 Å².